The van der Waals surface area contributed by atoms with Crippen molar-refractivity contribution in [1.29, 1.82) is 0 Å². The van der Waals surface area contributed by atoms with Gasteiger partial charge in [-0.25, -0.2) is 37.1 Å². The number of alkyl halides is 7. The van der Waals surface area contributed by atoms with Crippen molar-refractivity contribution in [2.45, 2.75) is 44.2 Å². The molecular weight excluding hydrogens is 1270 g/mol. The van der Waals surface area contributed by atoms with E-state index in [1.807, 2.05) is 0 Å². The fourth-order valence-electron chi connectivity index (χ4n) is 5.51. The number of aromatic nitrogens is 2. The van der Waals surface area contributed by atoms with E-state index in [1.54, 1.807) is 12.2 Å². The highest BCUT2D eigenvalue weighted by Crippen LogP contribution is 2.38. The summed E-state index contributed by atoms with van der Waals surface area (Å²) in [6, 6.07) is 11.5. The number of nitrogens with one attached hydrogen (secondary N) is 3. The van der Waals surface area contributed by atoms with Gasteiger partial charge in [0.2, 0.25) is 17.7 Å². The number of esters is 2. The number of hydrogen-bond acceptors (Lipinski definition) is 20. The number of methoxy groups -OCH3 is 1. The van der Waals surface area contributed by atoms with Crippen LogP contribution < -0.4 is 34.3 Å². The van der Waals surface area contributed by atoms with E-state index >= 15 is 0 Å². The lowest BCUT2D eigenvalue weighted by molar-refractivity contribution is -0.385. The van der Waals surface area contributed by atoms with Crippen LogP contribution in [0.5, 0.6) is 29.0 Å². The number of nitrogens with zero attached hydrogens (tertiary/aromatic N) is 3. The third-order valence-electron chi connectivity index (χ3n) is 8.80. The molecule has 0 radical (unpaired) electrons. The van der Waals surface area contributed by atoms with Gasteiger partial charge in [-0.3, -0.25) is 30.1 Å². The number of carboxylic acid groups (broad SMARTS) is 3. The van der Waals surface area contributed by atoms with Crippen LogP contribution in [0.2, 0.25) is 15.1 Å². The molecule has 4 aromatic carbocycles. The Morgan fingerprint density at radius 1 is 0.810 bits per heavy atom. The van der Waals surface area contributed by atoms with Crippen LogP contribution in [0.25, 0.3) is 0 Å². The number of carboxylic acids is 3. The molecule has 2 amide bonds. The Morgan fingerprint density at radius 3 is 1.87 bits per heavy atom. The Morgan fingerprint density at radius 2 is 1.39 bits per heavy atom. The molecule has 0 aliphatic rings. The van der Waals surface area contributed by atoms with Crippen molar-refractivity contribution in [2.75, 3.05) is 31.9 Å². The molecule has 5 aromatic rings. The van der Waals surface area contributed by atoms with Crippen molar-refractivity contribution in [3.8, 4) is 29.0 Å². The minimum atomic E-state index is -4.71. The van der Waals surface area contributed by atoms with Crippen LogP contribution in [0, 0.1) is 10.1 Å². The largest absolute Gasteiger partial charge is 0.494 e. The Hall–Kier alpha value is -8.38. The maximum Gasteiger partial charge on any atom is 0.416 e. The number of benzene rings is 4. The fraction of sp³-hybridized carbons (Fsp3) is 0.227. The highest BCUT2D eigenvalue weighted by Gasteiger charge is 2.32. The Kier molecular flexibility index (Phi) is 27.7. The van der Waals surface area contributed by atoms with Crippen LogP contribution in [-0.2, 0) is 39.8 Å². The number of nitro benzene ring substituents is 1. The maximum atomic E-state index is 12.8. The average Bonchev–Trinajstić information content (AvgIpc) is 3.53. The second kappa shape index (κ2) is 32.5. The molecule has 28 nitrogen and oxygen atoms in total. The molecule has 8 N–H and O–H groups in total. The van der Waals surface area contributed by atoms with Crippen LogP contribution >= 0.6 is 42.4 Å². The van der Waals surface area contributed by atoms with Crippen molar-refractivity contribution in [1.82, 2.24) is 20.0 Å². The first-order valence-corrected chi connectivity index (χ1v) is 26.2. The van der Waals surface area contributed by atoms with Gasteiger partial charge in [0, 0.05) is 12.1 Å². The van der Waals surface area contributed by atoms with Gasteiger partial charge in [-0.1, -0.05) is 46.9 Å². The van der Waals surface area contributed by atoms with Gasteiger partial charge in [-0.05, 0) is 62.4 Å². The number of ether oxygens (including phenoxy) is 6. The van der Waals surface area contributed by atoms with Crippen LogP contribution in [0.15, 0.2) is 83.8 Å². The number of carbonyl (C=O) groups is 6. The van der Waals surface area contributed by atoms with Crippen LogP contribution in [-0.4, -0.2) is 130 Å². The number of anilines is 1. The number of rotatable bonds is 21. The Bertz CT molecular complexity index is 3340. The highest BCUT2D eigenvalue weighted by molar-refractivity contribution is 7.90. The van der Waals surface area contributed by atoms with E-state index in [0.29, 0.717) is 12.1 Å². The van der Waals surface area contributed by atoms with E-state index in [2.05, 4.69) is 24.8 Å². The molecule has 0 aliphatic carbocycles. The van der Waals surface area contributed by atoms with Gasteiger partial charge in [-0.15, -0.1) is 0 Å². The normalized spacial score (nSPS) is 11.3. The number of carbonyl (C=O) groups excluding carboxylic acids is 3. The summed E-state index contributed by atoms with van der Waals surface area (Å²) in [5.74, 6) is -9.03. The van der Waals surface area contributed by atoms with Gasteiger partial charge in [0.25, 0.3) is 15.7 Å². The number of halogens is 10. The number of hydrogen-bond donors (Lipinski definition) is 8. The van der Waals surface area contributed by atoms with Crippen molar-refractivity contribution in [2.24, 2.45) is 0 Å². The number of aromatic carboxylic acids is 2. The molecule has 458 valence electrons. The molecule has 0 saturated heterocycles. The molecule has 5 rings (SSSR count). The van der Waals surface area contributed by atoms with Gasteiger partial charge in [0.05, 0.1) is 63.7 Å². The summed E-state index contributed by atoms with van der Waals surface area (Å²) >= 11 is 17.2. The standard InChI is InChI=1S/C19H15ClF3NO7.C14H10F4N4O7S.C8H6Cl2O3.C3H8NO5P/c1-3-29-17(25)10(2)30-18(26)13-9-12(5-6-15(13)24(27)28)31-16-7-4-11(8-14(16)20)19(21,22)23;15-11(16)28-8-5-9(29-12(17)18)20-13(19-8)21-14(25)22-30(26,27)7-4-2-1-3-6(7)10(23)24;1-13-7-5(10)3-2-4(9)6(7)8(11)12;5-3(6)1-4-2-10(7,8)9/h4-10H,3H2,1-2H3;1-5,11-12H,(H,23,24)(H2,19,20,21,22,25);2-3H,1H3,(H,11,12);4H,1-2H2,(H,5,6)(H2,7,8,9). The first kappa shape index (κ1) is 71.7. The van der Waals surface area contributed by atoms with E-state index in [9.17, 15) is 82.6 Å². The minimum absolute atomic E-state index is 0.0398. The van der Waals surface area contributed by atoms with Crippen LogP contribution in [0.3, 0.4) is 0 Å². The maximum absolute atomic E-state index is 12.8. The molecule has 0 aliphatic heterocycles. The van der Waals surface area contributed by atoms with Gasteiger partial charge in [0.15, 0.2) is 11.9 Å². The average molecular weight is 1310 g/mol. The number of urea groups is 1. The second-order valence-corrected chi connectivity index (χ2v) is 19.4. The van der Waals surface area contributed by atoms with Crippen molar-refractivity contribution < 1.29 is 131 Å². The lowest BCUT2D eigenvalue weighted by Gasteiger charge is -2.13. The third-order valence-corrected chi connectivity index (χ3v) is 11.7. The number of aliphatic carboxylic acids is 1. The van der Waals surface area contributed by atoms with Crippen molar-refractivity contribution >= 4 is 99.9 Å². The Balaban J connectivity index is 0.000000420. The molecule has 0 fully saturated rings. The van der Waals surface area contributed by atoms with Crippen molar-refractivity contribution in [3.63, 3.8) is 0 Å². The highest BCUT2D eigenvalue weighted by atomic mass is 35.5. The van der Waals surface area contributed by atoms with Gasteiger partial charge >= 0.3 is 62.9 Å². The summed E-state index contributed by atoms with van der Waals surface area (Å²) in [6.07, 6.45) is -6.54. The van der Waals surface area contributed by atoms with Gasteiger partial charge in [-0.2, -0.15) is 40.7 Å². The predicted molar refractivity (Wildman–Crippen MR) is 272 cm³/mol. The topological polar surface area (TPSA) is 415 Å². The quantitative estimate of drug-likeness (QED) is 0.0112. The monoisotopic (exact) mass is 1300 g/mol. The molecule has 84 heavy (non-hydrogen) atoms. The Labute approximate surface area is 480 Å². The summed E-state index contributed by atoms with van der Waals surface area (Å²) in [7, 11) is -7.47. The molecule has 0 spiro atoms. The lowest BCUT2D eigenvalue weighted by atomic mass is 10.1. The summed E-state index contributed by atoms with van der Waals surface area (Å²) in [5.41, 5.74) is -2.93. The number of nitro groups is 1. The molecule has 1 unspecified atom stereocenters. The molecule has 40 heteroatoms. The van der Waals surface area contributed by atoms with E-state index in [4.69, 9.17) is 78.9 Å². The summed E-state index contributed by atoms with van der Waals surface area (Å²) in [4.78, 5) is 100. The fourth-order valence-corrected chi connectivity index (χ4v) is 7.70. The predicted octanol–water partition coefficient (Wildman–Crippen LogP) is 8.55. The second-order valence-electron chi connectivity index (χ2n) is 14.9. The van der Waals surface area contributed by atoms with E-state index in [0.717, 1.165) is 42.5 Å². The SMILES string of the molecule is CCOC(=O)C(C)OC(=O)c1cc(Oc2ccc(C(F)(F)F)cc2Cl)ccc1[N+](=O)[O-].COc1c(Cl)ccc(Cl)c1C(=O)O.O=C(Nc1nc(OC(F)F)cc(OC(F)F)n1)NS(=O)(=O)c1ccccc1C(=O)O.O=C(O)CNCP(=O)(O)O. The molecule has 1 atom stereocenters. The zero-order valence-electron chi connectivity index (χ0n) is 42.0. The summed E-state index contributed by atoms with van der Waals surface area (Å²) in [5, 5.41) is 40.8. The first-order chi connectivity index (χ1) is 38.9. The van der Waals surface area contributed by atoms with E-state index in [1.165, 1.54) is 43.0 Å². The third kappa shape index (κ3) is 24.2. The zero-order valence-corrected chi connectivity index (χ0v) is 46.0. The molecular formula is C44H39Cl3F7N6O22PS. The molecule has 1 heterocycles. The van der Waals surface area contributed by atoms with E-state index in [-0.39, 0.29) is 44.5 Å². The smallest absolute Gasteiger partial charge is 0.416 e. The molecule has 0 saturated carbocycles. The van der Waals surface area contributed by atoms with Gasteiger partial charge in [0.1, 0.15) is 27.5 Å². The molecule has 0 bridgehead atoms. The number of amides is 2. The minimum Gasteiger partial charge on any atom is -0.494 e. The number of sulfonamides is 1. The summed E-state index contributed by atoms with van der Waals surface area (Å²) in [6.45, 7) is -4.44. The van der Waals surface area contributed by atoms with Gasteiger partial charge < -0.3 is 53.5 Å². The first-order valence-electron chi connectivity index (χ1n) is 21.8. The zero-order chi connectivity index (χ0) is 64.0. The van der Waals surface area contributed by atoms with E-state index < -0.39 is 142 Å². The van der Waals surface area contributed by atoms with Crippen LogP contribution in [0.4, 0.5) is 47.2 Å². The summed E-state index contributed by atoms with van der Waals surface area (Å²) < 4.78 is 151. The lowest BCUT2D eigenvalue weighted by Crippen LogP contribution is -2.35. The van der Waals surface area contributed by atoms with Crippen LogP contribution in [0.1, 0.15) is 50.5 Å². The molecule has 1 aromatic heterocycles. The van der Waals surface area contributed by atoms with Crippen molar-refractivity contribution in [3.05, 3.63) is 126 Å².